The second kappa shape index (κ2) is 4.92. The highest BCUT2D eigenvalue weighted by atomic mass is 16.5. The van der Waals surface area contributed by atoms with E-state index in [4.69, 9.17) is 15.5 Å². The zero-order chi connectivity index (χ0) is 12.4. The Balaban J connectivity index is 1.95. The third-order valence-corrected chi connectivity index (χ3v) is 3.31. The van der Waals surface area contributed by atoms with Crippen LogP contribution in [0.3, 0.4) is 0 Å². The molecule has 0 spiro atoms. The van der Waals surface area contributed by atoms with Crippen molar-refractivity contribution in [2.45, 2.75) is 6.54 Å². The van der Waals surface area contributed by atoms with Crippen molar-refractivity contribution >= 4 is 16.7 Å². The van der Waals surface area contributed by atoms with Crippen LogP contribution in [-0.2, 0) is 11.3 Å². The molecule has 3 rings (SSSR count). The van der Waals surface area contributed by atoms with Crippen molar-refractivity contribution in [3.63, 3.8) is 0 Å². The molecule has 0 saturated carbocycles. The van der Waals surface area contributed by atoms with E-state index in [1.54, 1.807) is 0 Å². The van der Waals surface area contributed by atoms with Crippen molar-refractivity contribution < 1.29 is 4.74 Å². The maximum atomic E-state index is 5.65. The van der Waals surface area contributed by atoms with Gasteiger partial charge in [0, 0.05) is 25.0 Å². The Morgan fingerprint density at radius 2 is 2.00 bits per heavy atom. The number of pyridine rings is 1. The predicted octanol–water partition coefficient (Wildman–Crippen LogP) is 1.53. The molecule has 2 aromatic rings. The van der Waals surface area contributed by atoms with Gasteiger partial charge in [0.15, 0.2) is 0 Å². The van der Waals surface area contributed by atoms with Crippen molar-refractivity contribution in [3.05, 3.63) is 35.9 Å². The Bertz CT molecular complexity index is 550. The van der Waals surface area contributed by atoms with Crippen molar-refractivity contribution in [1.82, 2.24) is 4.98 Å². The molecule has 94 valence electrons. The van der Waals surface area contributed by atoms with Gasteiger partial charge in [0.2, 0.25) is 0 Å². The summed E-state index contributed by atoms with van der Waals surface area (Å²) in [5.74, 6) is 1.03. The molecule has 0 radical (unpaired) electrons. The zero-order valence-corrected chi connectivity index (χ0v) is 10.3. The molecular formula is C14H17N3O. The summed E-state index contributed by atoms with van der Waals surface area (Å²) in [5.41, 5.74) is 7.81. The van der Waals surface area contributed by atoms with Crippen LogP contribution >= 0.6 is 0 Å². The molecule has 4 heteroatoms. The van der Waals surface area contributed by atoms with Gasteiger partial charge >= 0.3 is 0 Å². The van der Waals surface area contributed by atoms with Gasteiger partial charge in [-0.3, -0.25) is 0 Å². The lowest BCUT2D eigenvalue weighted by atomic mass is 10.1. The minimum absolute atomic E-state index is 0.571. The molecule has 1 aromatic heterocycles. The summed E-state index contributed by atoms with van der Waals surface area (Å²) in [6, 6.07) is 10.4. The van der Waals surface area contributed by atoms with Gasteiger partial charge in [0.1, 0.15) is 5.82 Å². The van der Waals surface area contributed by atoms with Gasteiger partial charge in [-0.05, 0) is 29.8 Å². The number of hydrogen-bond donors (Lipinski definition) is 1. The number of nitrogens with two attached hydrogens (primary N) is 1. The topological polar surface area (TPSA) is 51.4 Å². The number of nitrogens with zero attached hydrogens (tertiary/aromatic N) is 2. The van der Waals surface area contributed by atoms with E-state index in [-0.39, 0.29) is 0 Å². The number of hydrogen-bond acceptors (Lipinski definition) is 4. The Labute approximate surface area is 106 Å². The van der Waals surface area contributed by atoms with Crippen LogP contribution in [0.4, 0.5) is 5.82 Å². The van der Waals surface area contributed by atoms with Crippen LogP contribution in [0.1, 0.15) is 5.56 Å². The van der Waals surface area contributed by atoms with Crippen LogP contribution in [-0.4, -0.2) is 31.3 Å². The number of morpholine rings is 1. The molecule has 0 amide bonds. The van der Waals surface area contributed by atoms with E-state index >= 15 is 0 Å². The first-order valence-electron chi connectivity index (χ1n) is 6.29. The highest BCUT2D eigenvalue weighted by Crippen LogP contribution is 2.20. The molecule has 0 atom stereocenters. The third kappa shape index (κ3) is 2.17. The summed E-state index contributed by atoms with van der Waals surface area (Å²) in [6.07, 6.45) is 0. The first kappa shape index (κ1) is 11.4. The minimum atomic E-state index is 0.571. The quantitative estimate of drug-likeness (QED) is 0.869. The summed E-state index contributed by atoms with van der Waals surface area (Å²) in [7, 11) is 0. The van der Waals surface area contributed by atoms with Crippen molar-refractivity contribution in [3.8, 4) is 0 Å². The zero-order valence-electron chi connectivity index (χ0n) is 10.3. The summed E-state index contributed by atoms with van der Waals surface area (Å²) in [5, 5.41) is 1.15. The summed E-state index contributed by atoms with van der Waals surface area (Å²) in [6.45, 7) is 3.97. The third-order valence-electron chi connectivity index (χ3n) is 3.31. The highest BCUT2D eigenvalue weighted by Gasteiger charge is 2.12. The molecular weight excluding hydrogens is 226 g/mol. The monoisotopic (exact) mass is 243 g/mol. The van der Waals surface area contributed by atoms with Crippen LogP contribution in [0.25, 0.3) is 10.9 Å². The predicted molar refractivity (Wildman–Crippen MR) is 72.7 cm³/mol. The lowest BCUT2D eigenvalue weighted by Crippen LogP contribution is -2.36. The normalized spacial score (nSPS) is 16.2. The van der Waals surface area contributed by atoms with Crippen LogP contribution in [0.5, 0.6) is 0 Å². The van der Waals surface area contributed by atoms with Crippen LogP contribution in [0, 0.1) is 0 Å². The molecule has 1 aliphatic heterocycles. The Hall–Kier alpha value is -1.65. The fourth-order valence-electron chi connectivity index (χ4n) is 2.26. The fourth-order valence-corrected chi connectivity index (χ4v) is 2.26. The standard InChI is InChI=1S/C14H17N3O/c15-10-11-1-3-13-12(9-11)2-4-14(16-13)17-5-7-18-8-6-17/h1-4,9H,5-8,10,15H2. The Morgan fingerprint density at radius 1 is 1.17 bits per heavy atom. The lowest BCUT2D eigenvalue weighted by Gasteiger charge is -2.27. The first-order valence-corrected chi connectivity index (χ1v) is 6.29. The fraction of sp³-hybridized carbons (Fsp3) is 0.357. The summed E-state index contributed by atoms with van der Waals surface area (Å²) in [4.78, 5) is 6.97. The highest BCUT2D eigenvalue weighted by molar-refractivity contribution is 5.81. The van der Waals surface area contributed by atoms with Gasteiger partial charge in [-0.25, -0.2) is 4.98 Å². The average molecular weight is 243 g/mol. The molecule has 0 bridgehead atoms. The second-order valence-corrected chi connectivity index (χ2v) is 4.50. The van der Waals surface area contributed by atoms with Crippen molar-refractivity contribution in [1.29, 1.82) is 0 Å². The van der Waals surface area contributed by atoms with Gasteiger partial charge < -0.3 is 15.4 Å². The smallest absolute Gasteiger partial charge is 0.129 e. The van der Waals surface area contributed by atoms with E-state index in [1.807, 2.05) is 12.1 Å². The maximum Gasteiger partial charge on any atom is 0.129 e. The van der Waals surface area contributed by atoms with E-state index in [2.05, 4.69) is 23.1 Å². The Kier molecular flexibility index (Phi) is 3.13. The van der Waals surface area contributed by atoms with E-state index < -0.39 is 0 Å². The lowest BCUT2D eigenvalue weighted by molar-refractivity contribution is 0.122. The molecule has 0 unspecified atom stereocenters. The minimum Gasteiger partial charge on any atom is -0.378 e. The van der Waals surface area contributed by atoms with Gasteiger partial charge in [0.05, 0.1) is 18.7 Å². The molecule has 4 nitrogen and oxygen atoms in total. The van der Waals surface area contributed by atoms with E-state index in [1.165, 1.54) is 0 Å². The molecule has 1 aromatic carbocycles. The SMILES string of the molecule is NCc1ccc2nc(N3CCOCC3)ccc2c1. The summed E-state index contributed by atoms with van der Waals surface area (Å²) >= 11 is 0. The molecule has 1 aliphatic rings. The molecule has 1 fully saturated rings. The molecule has 2 N–H and O–H groups in total. The molecule has 18 heavy (non-hydrogen) atoms. The summed E-state index contributed by atoms with van der Waals surface area (Å²) < 4.78 is 5.36. The first-order chi connectivity index (χ1) is 8.86. The second-order valence-electron chi connectivity index (χ2n) is 4.50. The molecule has 2 heterocycles. The van der Waals surface area contributed by atoms with Gasteiger partial charge in [-0.1, -0.05) is 6.07 Å². The Morgan fingerprint density at radius 3 is 2.78 bits per heavy atom. The van der Waals surface area contributed by atoms with Crippen LogP contribution < -0.4 is 10.6 Å². The maximum absolute atomic E-state index is 5.65. The van der Waals surface area contributed by atoms with Gasteiger partial charge in [0.25, 0.3) is 0 Å². The van der Waals surface area contributed by atoms with Crippen molar-refractivity contribution in [2.75, 3.05) is 31.2 Å². The van der Waals surface area contributed by atoms with Gasteiger partial charge in [-0.15, -0.1) is 0 Å². The average Bonchev–Trinajstić information content (AvgIpc) is 2.47. The van der Waals surface area contributed by atoms with Gasteiger partial charge in [-0.2, -0.15) is 0 Å². The van der Waals surface area contributed by atoms with E-state index in [9.17, 15) is 0 Å². The number of fused-ring (bicyclic) bond motifs is 1. The van der Waals surface area contributed by atoms with Crippen LogP contribution in [0.15, 0.2) is 30.3 Å². The number of benzene rings is 1. The largest absolute Gasteiger partial charge is 0.378 e. The van der Waals surface area contributed by atoms with Crippen molar-refractivity contribution in [2.24, 2.45) is 5.73 Å². The number of rotatable bonds is 2. The number of aromatic nitrogens is 1. The van der Waals surface area contributed by atoms with Crippen LogP contribution in [0.2, 0.25) is 0 Å². The molecule has 1 saturated heterocycles. The number of anilines is 1. The number of ether oxygens (including phenoxy) is 1. The van der Waals surface area contributed by atoms with E-state index in [0.29, 0.717) is 6.54 Å². The van der Waals surface area contributed by atoms with E-state index in [0.717, 1.165) is 48.6 Å². The molecule has 0 aliphatic carbocycles.